The summed E-state index contributed by atoms with van der Waals surface area (Å²) in [5.74, 6) is -2.61. The first-order valence-electron chi connectivity index (χ1n) is 11.6. The van der Waals surface area contributed by atoms with E-state index in [1.54, 1.807) is 17.9 Å². The number of anilines is 1. The first kappa shape index (κ1) is 23.4. The summed E-state index contributed by atoms with van der Waals surface area (Å²) >= 11 is 0. The Bertz CT molecular complexity index is 978. The highest BCUT2D eigenvalue weighted by Crippen LogP contribution is 2.58. The monoisotopic (exact) mass is 456 g/mol. The molecule has 2 amide bonds. The van der Waals surface area contributed by atoms with Crippen molar-refractivity contribution in [1.82, 2.24) is 4.90 Å². The summed E-state index contributed by atoms with van der Waals surface area (Å²) < 4.78 is 11.6. The molecule has 0 saturated carbocycles. The van der Waals surface area contributed by atoms with Crippen LogP contribution in [-0.4, -0.2) is 71.8 Å². The lowest BCUT2D eigenvalue weighted by Crippen LogP contribution is -2.57. The number of likely N-dealkylation sites (tertiary alicyclic amines) is 1. The average Bonchev–Trinajstić information content (AvgIpc) is 3.42. The summed E-state index contributed by atoms with van der Waals surface area (Å²) in [5.41, 5.74) is 1.56. The van der Waals surface area contributed by atoms with Crippen LogP contribution >= 0.6 is 0 Å². The molecule has 0 aromatic heterocycles. The molecule has 0 aliphatic carbocycles. The van der Waals surface area contributed by atoms with Crippen molar-refractivity contribution in [2.75, 3.05) is 31.2 Å². The summed E-state index contributed by atoms with van der Waals surface area (Å²) in [4.78, 5) is 43.5. The number of benzene rings is 1. The molecule has 33 heavy (non-hydrogen) atoms. The highest BCUT2D eigenvalue weighted by atomic mass is 16.6. The number of amides is 2. The molecule has 3 saturated heterocycles. The van der Waals surface area contributed by atoms with E-state index >= 15 is 0 Å². The van der Waals surface area contributed by atoms with Crippen molar-refractivity contribution in [2.24, 2.45) is 11.8 Å². The van der Waals surface area contributed by atoms with E-state index in [1.807, 2.05) is 32.0 Å². The van der Waals surface area contributed by atoms with Crippen LogP contribution in [0.15, 0.2) is 30.9 Å². The van der Waals surface area contributed by atoms with Gasteiger partial charge in [-0.3, -0.25) is 14.4 Å². The molecular formula is C25H32N2O6. The summed E-state index contributed by atoms with van der Waals surface area (Å²) in [7, 11) is 0. The molecule has 3 fully saturated rings. The summed E-state index contributed by atoms with van der Waals surface area (Å²) in [6.45, 7) is 9.59. The molecule has 178 valence electrons. The molecule has 4 rings (SSSR count). The van der Waals surface area contributed by atoms with E-state index in [-0.39, 0.29) is 38.1 Å². The smallest absolute Gasteiger partial charge is 0.312 e. The molecule has 5 atom stereocenters. The molecule has 8 heteroatoms. The fraction of sp³-hybridized carbons (Fsp3) is 0.560. The number of hydrogen-bond donors (Lipinski definition) is 1. The third-order valence-electron chi connectivity index (χ3n) is 7.17. The molecular weight excluding hydrogens is 424 g/mol. The summed E-state index contributed by atoms with van der Waals surface area (Å²) in [6.07, 6.45) is 2.28. The number of rotatable bonds is 8. The van der Waals surface area contributed by atoms with Gasteiger partial charge in [-0.25, -0.2) is 0 Å². The number of carbonyl (C=O) groups excluding carboxylic acids is 3. The molecule has 1 aromatic rings. The highest BCUT2D eigenvalue weighted by molar-refractivity contribution is 6.05. The Kier molecular flexibility index (Phi) is 6.33. The van der Waals surface area contributed by atoms with Crippen LogP contribution in [0, 0.1) is 25.7 Å². The first-order chi connectivity index (χ1) is 15.8. The van der Waals surface area contributed by atoms with Gasteiger partial charge in [-0.05, 0) is 50.8 Å². The zero-order valence-corrected chi connectivity index (χ0v) is 19.5. The predicted molar refractivity (Wildman–Crippen MR) is 122 cm³/mol. The van der Waals surface area contributed by atoms with Gasteiger partial charge in [0.1, 0.15) is 11.6 Å². The van der Waals surface area contributed by atoms with Gasteiger partial charge >= 0.3 is 5.97 Å². The van der Waals surface area contributed by atoms with Crippen LogP contribution in [0.1, 0.15) is 30.9 Å². The molecule has 1 spiro atoms. The van der Waals surface area contributed by atoms with Crippen molar-refractivity contribution in [3.05, 3.63) is 42.0 Å². The highest BCUT2D eigenvalue weighted by Gasteiger charge is 2.75. The van der Waals surface area contributed by atoms with E-state index in [4.69, 9.17) is 9.47 Å². The van der Waals surface area contributed by atoms with E-state index in [1.165, 1.54) is 4.90 Å². The van der Waals surface area contributed by atoms with Gasteiger partial charge < -0.3 is 24.4 Å². The van der Waals surface area contributed by atoms with Crippen LogP contribution in [0.2, 0.25) is 0 Å². The van der Waals surface area contributed by atoms with Gasteiger partial charge in [-0.1, -0.05) is 18.2 Å². The molecule has 1 aromatic carbocycles. The Morgan fingerprint density at radius 1 is 1.39 bits per heavy atom. The fourth-order valence-electron chi connectivity index (χ4n) is 5.88. The lowest BCUT2D eigenvalue weighted by molar-refractivity contribution is -0.154. The lowest BCUT2D eigenvalue weighted by atomic mass is 9.70. The van der Waals surface area contributed by atoms with Crippen molar-refractivity contribution < 1.29 is 29.0 Å². The van der Waals surface area contributed by atoms with Crippen molar-refractivity contribution in [2.45, 2.75) is 51.4 Å². The van der Waals surface area contributed by atoms with Crippen LogP contribution in [0.3, 0.4) is 0 Å². The van der Waals surface area contributed by atoms with Crippen LogP contribution in [0.4, 0.5) is 5.69 Å². The van der Waals surface area contributed by atoms with E-state index in [9.17, 15) is 19.5 Å². The molecule has 1 N–H and O–H groups in total. The second-order valence-electron chi connectivity index (χ2n) is 9.09. The number of ether oxygens (including phenoxy) is 2. The lowest BCUT2D eigenvalue weighted by Gasteiger charge is -2.37. The maximum Gasteiger partial charge on any atom is 0.312 e. The van der Waals surface area contributed by atoms with Crippen molar-refractivity contribution in [3.63, 3.8) is 0 Å². The molecule has 2 bridgehead atoms. The van der Waals surface area contributed by atoms with Gasteiger partial charge in [0.2, 0.25) is 5.91 Å². The van der Waals surface area contributed by atoms with Crippen molar-refractivity contribution in [3.8, 4) is 0 Å². The van der Waals surface area contributed by atoms with Gasteiger partial charge in [0, 0.05) is 18.8 Å². The average molecular weight is 457 g/mol. The number of nitrogens with zero attached hydrogens (tertiary/aromatic N) is 2. The zero-order valence-electron chi connectivity index (χ0n) is 19.5. The molecule has 3 aliphatic heterocycles. The largest absolute Gasteiger partial charge is 0.466 e. The standard InChI is InChI=1S/C25H32N2O6/c1-5-11-26(17-14-15(3)7-8-16(17)4)23(30)21-25-10-9-18(33-25)19(24(31)32-6-2)20(25)22(29)27(21)12-13-28/h5,7-8,14,18-21,28H,1,6,9-13H2,2-4H3/t18-,19+,20-,21?,25?/m0/s1. The predicted octanol–water partition coefficient (Wildman–Crippen LogP) is 1.75. The number of aryl methyl sites for hydroxylation is 2. The second kappa shape index (κ2) is 8.91. The number of fused-ring (bicyclic) bond motifs is 1. The number of esters is 1. The van der Waals surface area contributed by atoms with E-state index in [2.05, 4.69) is 6.58 Å². The molecule has 3 heterocycles. The summed E-state index contributed by atoms with van der Waals surface area (Å²) in [5, 5.41) is 9.71. The Labute approximate surface area is 194 Å². The number of hydrogen-bond acceptors (Lipinski definition) is 6. The molecule has 3 aliphatic rings. The normalized spacial score (nSPS) is 29.8. The molecule has 0 radical (unpaired) electrons. The van der Waals surface area contributed by atoms with E-state index < -0.39 is 35.6 Å². The Hall–Kier alpha value is -2.71. The maximum absolute atomic E-state index is 14.2. The molecule has 2 unspecified atom stereocenters. The quantitative estimate of drug-likeness (QED) is 0.473. The minimum atomic E-state index is -1.11. The van der Waals surface area contributed by atoms with Crippen LogP contribution in [-0.2, 0) is 23.9 Å². The topological polar surface area (TPSA) is 96.4 Å². The number of carbonyl (C=O) groups is 3. The van der Waals surface area contributed by atoms with Gasteiger partial charge in [-0.2, -0.15) is 0 Å². The van der Waals surface area contributed by atoms with Crippen LogP contribution in [0.5, 0.6) is 0 Å². The minimum Gasteiger partial charge on any atom is -0.466 e. The Balaban J connectivity index is 1.78. The maximum atomic E-state index is 14.2. The third kappa shape index (κ3) is 3.56. The fourth-order valence-corrected chi connectivity index (χ4v) is 5.88. The molecule has 8 nitrogen and oxygen atoms in total. The second-order valence-corrected chi connectivity index (χ2v) is 9.09. The van der Waals surface area contributed by atoms with Gasteiger partial charge in [0.05, 0.1) is 31.2 Å². The van der Waals surface area contributed by atoms with Crippen molar-refractivity contribution in [1.29, 1.82) is 0 Å². The SMILES string of the molecule is C=CCN(C(=O)C1N(CCO)C(=O)[C@@H]2[C@H](C(=O)OCC)[C@@H]3CCC12O3)c1cc(C)ccc1C. The Morgan fingerprint density at radius 2 is 2.15 bits per heavy atom. The number of β-amino-alcohol motifs (C(OH)–C–C–N with tert-alkyl or cyclic N) is 1. The number of aliphatic hydroxyl groups is 1. The van der Waals surface area contributed by atoms with E-state index in [0.29, 0.717) is 12.8 Å². The third-order valence-corrected chi connectivity index (χ3v) is 7.17. The first-order valence-corrected chi connectivity index (χ1v) is 11.6. The summed E-state index contributed by atoms with van der Waals surface area (Å²) in [6, 6.07) is 4.93. The van der Waals surface area contributed by atoms with Gasteiger partial charge in [0.15, 0.2) is 0 Å². The van der Waals surface area contributed by atoms with Gasteiger partial charge in [-0.15, -0.1) is 6.58 Å². The van der Waals surface area contributed by atoms with E-state index in [0.717, 1.165) is 16.8 Å². The Morgan fingerprint density at radius 3 is 2.82 bits per heavy atom. The minimum absolute atomic E-state index is 0.00814. The van der Waals surface area contributed by atoms with Gasteiger partial charge in [0.25, 0.3) is 5.91 Å². The van der Waals surface area contributed by atoms with Crippen molar-refractivity contribution >= 4 is 23.5 Å². The number of aliphatic hydroxyl groups excluding tert-OH is 1. The van der Waals surface area contributed by atoms with Crippen LogP contribution < -0.4 is 4.90 Å². The van der Waals surface area contributed by atoms with Crippen LogP contribution in [0.25, 0.3) is 0 Å². The zero-order chi connectivity index (χ0) is 23.9.